The van der Waals surface area contributed by atoms with Crippen molar-refractivity contribution >= 4 is 17.5 Å². The standard InChI is InChI=1S/C18H16ClN3O/c19-11-17(23)20-12-15-13-22(16-9-5-2-6-10-16)21-18(15)14-7-3-1-4-8-14/h1-10,13H,11-12H2,(H,20,23). The lowest BCUT2D eigenvalue weighted by atomic mass is 10.1. The summed E-state index contributed by atoms with van der Waals surface area (Å²) in [7, 11) is 0. The van der Waals surface area contributed by atoms with Crippen LogP contribution in [0.2, 0.25) is 0 Å². The van der Waals surface area contributed by atoms with Gasteiger partial charge < -0.3 is 5.32 Å². The summed E-state index contributed by atoms with van der Waals surface area (Å²) < 4.78 is 1.82. The molecule has 0 aliphatic heterocycles. The van der Waals surface area contributed by atoms with Crippen LogP contribution in [-0.4, -0.2) is 21.6 Å². The molecule has 1 amide bonds. The second-order valence-corrected chi connectivity index (χ2v) is 5.33. The van der Waals surface area contributed by atoms with Crippen molar-refractivity contribution in [2.75, 3.05) is 5.88 Å². The van der Waals surface area contributed by atoms with E-state index in [-0.39, 0.29) is 11.8 Å². The summed E-state index contributed by atoms with van der Waals surface area (Å²) in [6, 6.07) is 19.8. The number of nitrogens with one attached hydrogen (secondary N) is 1. The average Bonchev–Trinajstić information content (AvgIpc) is 3.05. The van der Waals surface area contributed by atoms with Crippen LogP contribution in [0.4, 0.5) is 0 Å². The minimum atomic E-state index is -0.196. The topological polar surface area (TPSA) is 46.9 Å². The molecule has 2 aromatic carbocycles. The molecule has 0 spiro atoms. The predicted molar refractivity (Wildman–Crippen MR) is 91.6 cm³/mol. The van der Waals surface area contributed by atoms with E-state index < -0.39 is 0 Å². The second-order valence-electron chi connectivity index (χ2n) is 5.06. The van der Waals surface area contributed by atoms with E-state index >= 15 is 0 Å². The summed E-state index contributed by atoms with van der Waals surface area (Å²) in [6.45, 7) is 0.391. The van der Waals surface area contributed by atoms with Gasteiger partial charge in [-0.05, 0) is 12.1 Å². The number of rotatable bonds is 5. The Labute approximate surface area is 139 Å². The van der Waals surface area contributed by atoms with Gasteiger partial charge >= 0.3 is 0 Å². The lowest BCUT2D eigenvalue weighted by molar-refractivity contribution is -0.118. The quantitative estimate of drug-likeness (QED) is 0.731. The number of halogens is 1. The summed E-state index contributed by atoms with van der Waals surface area (Å²) in [4.78, 5) is 11.4. The minimum absolute atomic E-state index is 0.0481. The minimum Gasteiger partial charge on any atom is -0.351 e. The molecule has 23 heavy (non-hydrogen) atoms. The predicted octanol–water partition coefficient (Wildman–Crippen LogP) is 3.39. The normalized spacial score (nSPS) is 10.5. The Morgan fingerprint density at radius 3 is 2.35 bits per heavy atom. The van der Waals surface area contributed by atoms with Crippen LogP contribution in [0.1, 0.15) is 5.56 Å². The third-order valence-corrected chi connectivity index (χ3v) is 3.70. The average molecular weight is 326 g/mol. The number of para-hydroxylation sites is 1. The number of nitrogens with zero attached hydrogens (tertiary/aromatic N) is 2. The summed E-state index contributed by atoms with van der Waals surface area (Å²) in [5.74, 6) is -0.244. The van der Waals surface area contributed by atoms with Gasteiger partial charge in [0.05, 0.1) is 11.4 Å². The first kappa shape index (κ1) is 15.3. The maximum Gasteiger partial charge on any atom is 0.235 e. The summed E-state index contributed by atoms with van der Waals surface area (Å²) >= 11 is 5.54. The Morgan fingerprint density at radius 2 is 1.70 bits per heavy atom. The second kappa shape index (κ2) is 7.11. The smallest absolute Gasteiger partial charge is 0.235 e. The van der Waals surface area contributed by atoms with Crippen molar-refractivity contribution in [3.05, 3.63) is 72.4 Å². The highest BCUT2D eigenvalue weighted by molar-refractivity contribution is 6.27. The van der Waals surface area contributed by atoms with Gasteiger partial charge in [0.15, 0.2) is 0 Å². The van der Waals surface area contributed by atoms with Crippen LogP contribution in [0.5, 0.6) is 0 Å². The lowest BCUT2D eigenvalue weighted by Crippen LogP contribution is -2.23. The third kappa shape index (κ3) is 3.60. The number of amides is 1. The zero-order valence-electron chi connectivity index (χ0n) is 12.4. The number of benzene rings is 2. The first-order valence-electron chi connectivity index (χ1n) is 7.30. The number of carbonyl (C=O) groups excluding carboxylic acids is 1. The molecular weight excluding hydrogens is 310 g/mol. The molecular formula is C18H16ClN3O. The van der Waals surface area contributed by atoms with Crippen molar-refractivity contribution in [3.63, 3.8) is 0 Å². The molecule has 3 rings (SSSR count). The van der Waals surface area contributed by atoms with Crippen LogP contribution in [0.3, 0.4) is 0 Å². The zero-order chi connectivity index (χ0) is 16.1. The van der Waals surface area contributed by atoms with Crippen molar-refractivity contribution in [3.8, 4) is 16.9 Å². The van der Waals surface area contributed by atoms with E-state index in [2.05, 4.69) is 10.4 Å². The van der Waals surface area contributed by atoms with Crippen LogP contribution in [0.15, 0.2) is 66.9 Å². The highest BCUT2D eigenvalue weighted by atomic mass is 35.5. The van der Waals surface area contributed by atoms with E-state index in [0.29, 0.717) is 6.54 Å². The Morgan fingerprint density at radius 1 is 1.04 bits per heavy atom. The Kier molecular flexibility index (Phi) is 4.74. The van der Waals surface area contributed by atoms with Gasteiger partial charge in [-0.15, -0.1) is 11.6 Å². The first-order valence-corrected chi connectivity index (χ1v) is 7.83. The van der Waals surface area contributed by atoms with E-state index in [9.17, 15) is 4.79 Å². The van der Waals surface area contributed by atoms with Crippen LogP contribution in [0.25, 0.3) is 16.9 Å². The first-order chi connectivity index (χ1) is 11.3. The molecule has 0 atom stereocenters. The van der Waals surface area contributed by atoms with Gasteiger partial charge in [0.1, 0.15) is 5.88 Å². The van der Waals surface area contributed by atoms with E-state index in [4.69, 9.17) is 11.6 Å². The Hall–Kier alpha value is -2.59. The van der Waals surface area contributed by atoms with Gasteiger partial charge in [-0.2, -0.15) is 5.10 Å². The molecule has 1 aromatic heterocycles. The summed E-state index contributed by atoms with van der Waals surface area (Å²) in [5.41, 5.74) is 3.78. The number of carbonyl (C=O) groups is 1. The van der Waals surface area contributed by atoms with Gasteiger partial charge in [0, 0.05) is 23.9 Å². The highest BCUT2D eigenvalue weighted by Gasteiger charge is 2.12. The van der Waals surface area contributed by atoms with Crippen LogP contribution < -0.4 is 5.32 Å². The molecule has 0 saturated carbocycles. The summed E-state index contributed by atoms with van der Waals surface area (Å²) in [6.07, 6.45) is 1.94. The van der Waals surface area contributed by atoms with E-state index in [1.807, 2.05) is 71.5 Å². The third-order valence-electron chi connectivity index (χ3n) is 3.46. The van der Waals surface area contributed by atoms with E-state index in [1.54, 1.807) is 0 Å². The van der Waals surface area contributed by atoms with E-state index in [1.165, 1.54) is 0 Å². The molecule has 1 N–H and O–H groups in total. The van der Waals surface area contributed by atoms with Crippen molar-refractivity contribution in [1.29, 1.82) is 0 Å². The molecule has 116 valence electrons. The van der Waals surface area contributed by atoms with Crippen LogP contribution in [0, 0.1) is 0 Å². The molecule has 0 unspecified atom stereocenters. The van der Waals surface area contributed by atoms with Gasteiger partial charge in [0.25, 0.3) is 0 Å². The molecule has 0 bridgehead atoms. The molecule has 0 aliphatic rings. The van der Waals surface area contributed by atoms with Crippen LogP contribution >= 0.6 is 11.6 Å². The van der Waals surface area contributed by atoms with Gasteiger partial charge in [-0.1, -0.05) is 48.5 Å². The molecule has 0 radical (unpaired) electrons. The largest absolute Gasteiger partial charge is 0.351 e. The molecule has 5 heteroatoms. The van der Waals surface area contributed by atoms with Crippen molar-refractivity contribution < 1.29 is 4.79 Å². The van der Waals surface area contributed by atoms with Crippen molar-refractivity contribution in [2.45, 2.75) is 6.54 Å². The lowest BCUT2D eigenvalue weighted by Gasteiger charge is -2.03. The maximum atomic E-state index is 11.4. The van der Waals surface area contributed by atoms with E-state index in [0.717, 1.165) is 22.5 Å². The molecule has 4 nitrogen and oxygen atoms in total. The molecule has 0 aliphatic carbocycles. The molecule has 1 heterocycles. The SMILES string of the molecule is O=C(CCl)NCc1cn(-c2ccccc2)nc1-c1ccccc1. The van der Waals surface area contributed by atoms with Crippen LogP contribution in [-0.2, 0) is 11.3 Å². The maximum absolute atomic E-state index is 11.4. The monoisotopic (exact) mass is 325 g/mol. The Bertz CT molecular complexity index is 785. The fourth-order valence-electron chi connectivity index (χ4n) is 2.33. The number of aromatic nitrogens is 2. The molecule has 0 saturated heterocycles. The van der Waals surface area contributed by atoms with Crippen molar-refractivity contribution in [1.82, 2.24) is 15.1 Å². The summed E-state index contributed by atoms with van der Waals surface area (Å²) in [5, 5.41) is 7.49. The molecule has 3 aromatic rings. The van der Waals surface area contributed by atoms with Gasteiger partial charge in [-0.3, -0.25) is 4.79 Å². The van der Waals surface area contributed by atoms with Crippen molar-refractivity contribution in [2.24, 2.45) is 0 Å². The molecule has 0 fully saturated rings. The number of alkyl halides is 1. The zero-order valence-corrected chi connectivity index (χ0v) is 13.2. The fraction of sp³-hybridized carbons (Fsp3) is 0.111. The van der Waals surface area contributed by atoms with Gasteiger partial charge in [-0.25, -0.2) is 4.68 Å². The number of hydrogen-bond donors (Lipinski definition) is 1. The fourth-order valence-corrected chi connectivity index (χ4v) is 2.43. The van der Waals surface area contributed by atoms with Gasteiger partial charge in [0.2, 0.25) is 5.91 Å². The Balaban J connectivity index is 1.98. The number of hydrogen-bond acceptors (Lipinski definition) is 2. The highest BCUT2D eigenvalue weighted by Crippen LogP contribution is 2.23.